The Morgan fingerprint density at radius 1 is 1.59 bits per heavy atom. The third-order valence-corrected chi connectivity index (χ3v) is 3.07. The summed E-state index contributed by atoms with van der Waals surface area (Å²) in [4.78, 5) is 25.5. The van der Waals surface area contributed by atoms with Crippen LogP contribution < -0.4 is 10.6 Å². The first-order valence-electron chi connectivity index (χ1n) is 6.40. The molecule has 1 saturated heterocycles. The van der Waals surface area contributed by atoms with Crippen molar-refractivity contribution in [2.75, 3.05) is 19.6 Å². The molecule has 5 heteroatoms. The van der Waals surface area contributed by atoms with E-state index in [1.807, 2.05) is 20.8 Å². The summed E-state index contributed by atoms with van der Waals surface area (Å²) in [5.41, 5.74) is 0. The molecule has 2 N–H and O–H groups in total. The normalized spacial score (nSPS) is 22.2. The molecule has 0 spiro atoms. The minimum absolute atomic E-state index is 0.0248. The van der Waals surface area contributed by atoms with Gasteiger partial charge in [-0.1, -0.05) is 13.8 Å². The van der Waals surface area contributed by atoms with Crippen LogP contribution >= 0.6 is 0 Å². The van der Waals surface area contributed by atoms with E-state index in [0.29, 0.717) is 25.9 Å². The van der Waals surface area contributed by atoms with E-state index < -0.39 is 0 Å². The van der Waals surface area contributed by atoms with Gasteiger partial charge in [-0.15, -0.1) is 0 Å². The van der Waals surface area contributed by atoms with Crippen molar-refractivity contribution in [1.82, 2.24) is 15.5 Å². The molecule has 1 rings (SSSR count). The van der Waals surface area contributed by atoms with Gasteiger partial charge in [0.25, 0.3) is 0 Å². The van der Waals surface area contributed by atoms with E-state index in [0.717, 1.165) is 6.54 Å². The Hall–Kier alpha value is -1.10. The van der Waals surface area contributed by atoms with Crippen molar-refractivity contribution in [3.8, 4) is 0 Å². The molecule has 2 atom stereocenters. The maximum atomic E-state index is 12.1. The Balaban J connectivity index is 2.57. The molecule has 2 amide bonds. The number of piperazine rings is 1. The smallest absolute Gasteiger partial charge is 0.242 e. The molecule has 0 aromatic heterocycles. The molecule has 0 bridgehead atoms. The van der Waals surface area contributed by atoms with Gasteiger partial charge in [-0.2, -0.15) is 0 Å². The molecule has 1 heterocycles. The molecule has 1 fully saturated rings. The van der Waals surface area contributed by atoms with Gasteiger partial charge < -0.3 is 15.5 Å². The zero-order chi connectivity index (χ0) is 12.8. The molecule has 0 aliphatic carbocycles. The lowest BCUT2D eigenvalue weighted by Gasteiger charge is -2.35. The molecule has 0 aromatic rings. The first-order chi connectivity index (χ1) is 8.10. The summed E-state index contributed by atoms with van der Waals surface area (Å²) in [6.07, 6.45) is 1.13. The number of nitrogens with zero attached hydrogens (tertiary/aromatic N) is 1. The highest BCUT2D eigenvalue weighted by atomic mass is 16.2. The number of carbonyl (C=O) groups is 2. The molecular weight excluding hydrogens is 218 g/mol. The molecule has 1 aliphatic rings. The van der Waals surface area contributed by atoms with Crippen LogP contribution in [-0.4, -0.2) is 48.4 Å². The fourth-order valence-electron chi connectivity index (χ4n) is 2.22. The Kier molecular flexibility index (Phi) is 5.41. The van der Waals surface area contributed by atoms with Crippen molar-refractivity contribution in [3.05, 3.63) is 0 Å². The van der Waals surface area contributed by atoms with Crippen molar-refractivity contribution in [3.63, 3.8) is 0 Å². The zero-order valence-corrected chi connectivity index (χ0v) is 11.0. The summed E-state index contributed by atoms with van der Waals surface area (Å²) in [5.74, 6) is 0.0448. The van der Waals surface area contributed by atoms with Crippen LogP contribution in [0, 0.1) is 0 Å². The average Bonchev–Trinajstić information content (AvgIpc) is 2.28. The number of amides is 2. The van der Waals surface area contributed by atoms with E-state index in [1.54, 1.807) is 4.90 Å². The largest absolute Gasteiger partial charge is 0.353 e. The average molecular weight is 241 g/mol. The van der Waals surface area contributed by atoms with Crippen LogP contribution in [0.25, 0.3) is 0 Å². The fourth-order valence-corrected chi connectivity index (χ4v) is 2.22. The second kappa shape index (κ2) is 6.59. The predicted octanol–water partition coefficient (Wildman–Crippen LogP) is 0.112. The summed E-state index contributed by atoms with van der Waals surface area (Å²) in [6, 6.07) is -0.125. The summed E-state index contributed by atoms with van der Waals surface area (Å²) >= 11 is 0. The van der Waals surface area contributed by atoms with Gasteiger partial charge >= 0.3 is 0 Å². The van der Waals surface area contributed by atoms with E-state index >= 15 is 0 Å². The van der Waals surface area contributed by atoms with Crippen molar-refractivity contribution in [2.24, 2.45) is 0 Å². The summed E-state index contributed by atoms with van der Waals surface area (Å²) < 4.78 is 0. The van der Waals surface area contributed by atoms with E-state index in [-0.39, 0.29) is 23.9 Å². The van der Waals surface area contributed by atoms with Gasteiger partial charge in [0.15, 0.2) is 0 Å². The van der Waals surface area contributed by atoms with Crippen molar-refractivity contribution >= 4 is 11.8 Å². The van der Waals surface area contributed by atoms with Gasteiger partial charge in [-0.25, -0.2) is 0 Å². The Morgan fingerprint density at radius 2 is 2.29 bits per heavy atom. The summed E-state index contributed by atoms with van der Waals surface area (Å²) in [5, 5.41) is 6.01. The summed E-state index contributed by atoms with van der Waals surface area (Å²) in [7, 11) is 0. The van der Waals surface area contributed by atoms with Crippen LogP contribution in [0.15, 0.2) is 0 Å². The molecular formula is C12H23N3O2. The second-order valence-corrected chi connectivity index (χ2v) is 4.47. The molecule has 98 valence electrons. The highest BCUT2D eigenvalue weighted by Gasteiger charge is 2.31. The monoisotopic (exact) mass is 241 g/mol. The lowest BCUT2D eigenvalue weighted by atomic mass is 10.1. The first-order valence-corrected chi connectivity index (χ1v) is 6.40. The fraction of sp³-hybridized carbons (Fsp3) is 0.833. The van der Waals surface area contributed by atoms with Gasteiger partial charge in [0, 0.05) is 25.6 Å². The van der Waals surface area contributed by atoms with Crippen molar-refractivity contribution in [2.45, 2.75) is 45.7 Å². The van der Waals surface area contributed by atoms with Crippen LogP contribution in [0.5, 0.6) is 0 Å². The standard InChI is InChI=1S/C12H23N3O2/c1-4-10-12(17)14-6-7-15(10)11(16)8-9(3)13-5-2/h9-10,13H,4-8H2,1-3H3,(H,14,17). The third-order valence-electron chi connectivity index (χ3n) is 3.07. The van der Waals surface area contributed by atoms with Crippen LogP contribution in [0.2, 0.25) is 0 Å². The molecule has 2 unspecified atom stereocenters. The van der Waals surface area contributed by atoms with E-state index in [9.17, 15) is 9.59 Å². The Labute approximate surface area is 103 Å². The minimum atomic E-state index is -0.287. The lowest BCUT2D eigenvalue weighted by Crippen LogP contribution is -2.57. The van der Waals surface area contributed by atoms with E-state index in [1.165, 1.54) is 0 Å². The molecule has 0 aromatic carbocycles. The van der Waals surface area contributed by atoms with Crippen LogP contribution in [0.3, 0.4) is 0 Å². The summed E-state index contributed by atoms with van der Waals surface area (Å²) in [6.45, 7) is 7.99. The SMILES string of the molecule is CCNC(C)CC(=O)N1CCNC(=O)C1CC. The first kappa shape index (κ1) is 14.0. The molecule has 5 nitrogen and oxygen atoms in total. The number of rotatable bonds is 5. The number of nitrogens with one attached hydrogen (secondary N) is 2. The Bertz CT molecular complexity index is 281. The maximum absolute atomic E-state index is 12.1. The van der Waals surface area contributed by atoms with Crippen LogP contribution in [-0.2, 0) is 9.59 Å². The zero-order valence-electron chi connectivity index (χ0n) is 11.0. The van der Waals surface area contributed by atoms with Crippen molar-refractivity contribution < 1.29 is 9.59 Å². The van der Waals surface area contributed by atoms with E-state index in [4.69, 9.17) is 0 Å². The quantitative estimate of drug-likeness (QED) is 0.718. The highest BCUT2D eigenvalue weighted by Crippen LogP contribution is 2.11. The molecule has 0 radical (unpaired) electrons. The van der Waals surface area contributed by atoms with Gasteiger partial charge in [-0.3, -0.25) is 9.59 Å². The Morgan fingerprint density at radius 3 is 2.88 bits per heavy atom. The molecule has 17 heavy (non-hydrogen) atoms. The third kappa shape index (κ3) is 3.70. The molecule has 0 saturated carbocycles. The van der Waals surface area contributed by atoms with Gasteiger partial charge in [0.05, 0.1) is 0 Å². The maximum Gasteiger partial charge on any atom is 0.242 e. The van der Waals surface area contributed by atoms with E-state index in [2.05, 4.69) is 10.6 Å². The second-order valence-electron chi connectivity index (χ2n) is 4.47. The minimum Gasteiger partial charge on any atom is -0.353 e. The van der Waals surface area contributed by atoms with Crippen LogP contribution in [0.4, 0.5) is 0 Å². The lowest BCUT2D eigenvalue weighted by molar-refractivity contribution is -0.143. The van der Waals surface area contributed by atoms with Gasteiger partial charge in [0.2, 0.25) is 11.8 Å². The highest BCUT2D eigenvalue weighted by molar-refractivity contribution is 5.88. The predicted molar refractivity (Wildman–Crippen MR) is 66.6 cm³/mol. The number of hydrogen-bond acceptors (Lipinski definition) is 3. The van der Waals surface area contributed by atoms with Crippen molar-refractivity contribution in [1.29, 1.82) is 0 Å². The van der Waals surface area contributed by atoms with Crippen LogP contribution in [0.1, 0.15) is 33.6 Å². The topological polar surface area (TPSA) is 61.4 Å². The molecule has 1 aliphatic heterocycles. The number of carbonyl (C=O) groups excluding carboxylic acids is 2. The van der Waals surface area contributed by atoms with Gasteiger partial charge in [0.1, 0.15) is 6.04 Å². The van der Waals surface area contributed by atoms with Gasteiger partial charge in [-0.05, 0) is 19.9 Å². The number of hydrogen-bond donors (Lipinski definition) is 2.